The van der Waals surface area contributed by atoms with Crippen LogP contribution < -0.4 is 5.56 Å². The summed E-state index contributed by atoms with van der Waals surface area (Å²) in [6, 6.07) is 5.88. The van der Waals surface area contributed by atoms with Gasteiger partial charge in [0, 0.05) is 37.0 Å². The third-order valence-electron chi connectivity index (χ3n) is 6.67. The molecular weight excluding hydrogens is 600 g/mol. The highest BCUT2D eigenvalue weighted by Crippen LogP contribution is 2.35. The van der Waals surface area contributed by atoms with E-state index in [9.17, 15) is 22.8 Å². The highest BCUT2D eigenvalue weighted by Gasteiger charge is 2.33. The summed E-state index contributed by atoms with van der Waals surface area (Å²) in [6.45, 7) is 0.265. The molecule has 39 heavy (non-hydrogen) atoms. The smallest absolute Gasteiger partial charge is 0.387 e. The van der Waals surface area contributed by atoms with Gasteiger partial charge in [0.1, 0.15) is 17.3 Å². The lowest BCUT2D eigenvalue weighted by molar-refractivity contribution is -0.139. The quantitative estimate of drug-likeness (QED) is 0.324. The zero-order chi connectivity index (χ0) is 27.9. The zero-order valence-electron chi connectivity index (χ0n) is 20.1. The van der Waals surface area contributed by atoms with Crippen LogP contribution in [0.5, 0.6) is 0 Å². The topological polar surface area (TPSA) is 76.8 Å². The third-order valence-corrected chi connectivity index (χ3v) is 8.69. The molecule has 1 unspecified atom stereocenters. The van der Waals surface area contributed by atoms with Crippen molar-refractivity contribution in [2.75, 3.05) is 13.1 Å². The van der Waals surface area contributed by atoms with Crippen molar-refractivity contribution in [3.63, 3.8) is 0 Å². The number of piperidine rings is 1. The largest absolute Gasteiger partial charge is 0.417 e. The Morgan fingerprint density at radius 3 is 2.54 bits per heavy atom. The van der Waals surface area contributed by atoms with Crippen molar-refractivity contribution in [3.05, 3.63) is 83.1 Å². The molecule has 5 rings (SSSR count). The lowest BCUT2D eigenvalue weighted by Gasteiger charge is -2.31. The van der Waals surface area contributed by atoms with Crippen molar-refractivity contribution in [1.82, 2.24) is 14.5 Å². The van der Waals surface area contributed by atoms with Gasteiger partial charge in [-0.3, -0.25) is 9.59 Å². The first kappa shape index (κ1) is 27.9. The summed E-state index contributed by atoms with van der Waals surface area (Å²) in [5.41, 5.74) is 0.399. The maximum atomic E-state index is 13.1. The van der Waals surface area contributed by atoms with E-state index in [0.29, 0.717) is 59.2 Å². The van der Waals surface area contributed by atoms with Gasteiger partial charge in [-0.25, -0.2) is 4.98 Å². The first-order chi connectivity index (χ1) is 18.5. The van der Waals surface area contributed by atoms with Gasteiger partial charge in [0.25, 0.3) is 5.56 Å². The van der Waals surface area contributed by atoms with E-state index in [-0.39, 0.29) is 12.0 Å². The van der Waals surface area contributed by atoms with Crippen molar-refractivity contribution in [2.24, 2.45) is 5.16 Å². The average Bonchev–Trinajstić information content (AvgIpc) is 3.58. The van der Waals surface area contributed by atoms with Crippen molar-refractivity contribution in [2.45, 2.75) is 44.0 Å². The molecule has 1 saturated heterocycles. The number of carbonyl (C=O) groups is 1. The molecule has 2 aliphatic rings. The summed E-state index contributed by atoms with van der Waals surface area (Å²) in [5.74, 6) is -0.330. The second-order valence-corrected chi connectivity index (χ2v) is 11.4. The van der Waals surface area contributed by atoms with E-state index in [1.165, 1.54) is 11.3 Å². The molecule has 0 spiro atoms. The number of halogens is 6. The minimum Gasteiger partial charge on any atom is -0.387 e. The molecule has 206 valence electrons. The Bertz CT molecular complexity index is 1500. The minimum absolute atomic E-state index is 0.118. The molecular formula is C25H20Cl3F3N4O3S. The predicted molar refractivity (Wildman–Crippen MR) is 143 cm³/mol. The van der Waals surface area contributed by atoms with Crippen LogP contribution in [0.25, 0.3) is 0 Å². The number of benzene rings is 1. The second-order valence-electron chi connectivity index (χ2n) is 9.24. The number of oxime groups is 1. The molecule has 2 aromatic heterocycles. The van der Waals surface area contributed by atoms with Gasteiger partial charge < -0.3 is 14.3 Å². The van der Waals surface area contributed by atoms with Gasteiger partial charge in [0.05, 0.1) is 26.3 Å². The Kier molecular flexibility index (Phi) is 7.96. The van der Waals surface area contributed by atoms with E-state index < -0.39 is 34.8 Å². The van der Waals surface area contributed by atoms with Crippen LogP contribution in [0.3, 0.4) is 0 Å². The fraction of sp³-hybridized carbons (Fsp3) is 0.360. The van der Waals surface area contributed by atoms with E-state index in [4.69, 9.17) is 44.6 Å². The normalized spacial score (nSPS) is 18.3. The number of alkyl halides is 3. The average molecular weight is 620 g/mol. The SMILES string of the molecule is O=C(Cn1cc(C(F)(F)F)cc(Cl)c1=O)N1CCC(c2nc(C3=NOC(c4ccc(Cl)c(Cl)c4)C3)cs2)CC1. The molecule has 0 saturated carbocycles. The standard InChI is InChI=1S/C25H20Cl3F3N4O3S/c26-16-2-1-14(7-17(16)27)21-9-19(33-38-21)20-12-39-23(32-20)13-3-5-34(6-4-13)22(36)11-35-10-15(25(29,30)31)8-18(28)24(35)37/h1-2,7-8,10,12-13,21H,3-6,9,11H2. The number of amides is 1. The third kappa shape index (κ3) is 6.11. The molecule has 1 aromatic carbocycles. The Labute approximate surface area is 239 Å². The maximum absolute atomic E-state index is 13.1. The number of nitrogens with zero attached hydrogens (tertiary/aromatic N) is 4. The number of rotatable bonds is 5. The molecule has 14 heteroatoms. The van der Waals surface area contributed by atoms with Crippen LogP contribution in [0, 0.1) is 0 Å². The van der Waals surface area contributed by atoms with E-state index in [0.717, 1.165) is 22.0 Å². The minimum atomic E-state index is -4.69. The number of hydrogen-bond donors (Lipinski definition) is 0. The first-order valence-corrected chi connectivity index (χ1v) is 13.9. The predicted octanol–water partition coefficient (Wildman–Crippen LogP) is 6.56. The van der Waals surface area contributed by atoms with Gasteiger partial charge in [0.15, 0.2) is 6.10 Å². The van der Waals surface area contributed by atoms with Gasteiger partial charge in [-0.2, -0.15) is 13.2 Å². The highest BCUT2D eigenvalue weighted by atomic mass is 35.5. The summed E-state index contributed by atoms with van der Waals surface area (Å²) in [7, 11) is 0. The van der Waals surface area contributed by atoms with Crippen LogP contribution in [0.2, 0.25) is 15.1 Å². The van der Waals surface area contributed by atoms with Gasteiger partial charge in [-0.05, 0) is 36.6 Å². The molecule has 0 radical (unpaired) electrons. The Hall–Kier alpha value is -2.60. The van der Waals surface area contributed by atoms with Crippen LogP contribution in [0.1, 0.15) is 53.1 Å². The van der Waals surface area contributed by atoms with Crippen LogP contribution in [0.15, 0.2) is 45.8 Å². The fourth-order valence-electron chi connectivity index (χ4n) is 4.52. The number of hydrogen-bond acceptors (Lipinski definition) is 6. The van der Waals surface area contributed by atoms with Crippen molar-refractivity contribution >= 4 is 57.8 Å². The molecule has 2 aliphatic heterocycles. The summed E-state index contributed by atoms with van der Waals surface area (Å²) >= 11 is 19.3. The molecule has 1 atom stereocenters. The van der Waals surface area contributed by atoms with Gasteiger partial charge >= 0.3 is 6.18 Å². The number of carbonyl (C=O) groups excluding carboxylic acids is 1. The highest BCUT2D eigenvalue weighted by molar-refractivity contribution is 7.10. The summed E-state index contributed by atoms with van der Waals surface area (Å²) in [5, 5.41) is 7.37. The monoisotopic (exact) mass is 618 g/mol. The molecule has 4 heterocycles. The van der Waals surface area contributed by atoms with Gasteiger partial charge in [0.2, 0.25) is 5.91 Å². The zero-order valence-corrected chi connectivity index (χ0v) is 23.1. The van der Waals surface area contributed by atoms with Crippen LogP contribution >= 0.6 is 46.1 Å². The van der Waals surface area contributed by atoms with Crippen molar-refractivity contribution in [3.8, 4) is 0 Å². The van der Waals surface area contributed by atoms with Crippen molar-refractivity contribution < 1.29 is 22.8 Å². The number of thiazole rings is 1. The van der Waals surface area contributed by atoms with Crippen LogP contribution in [-0.4, -0.2) is 39.2 Å². The lowest BCUT2D eigenvalue weighted by Crippen LogP contribution is -2.41. The van der Waals surface area contributed by atoms with Crippen LogP contribution in [0.4, 0.5) is 13.2 Å². The Balaban J connectivity index is 1.18. The first-order valence-electron chi connectivity index (χ1n) is 11.9. The molecule has 0 N–H and O–H groups in total. The Morgan fingerprint density at radius 1 is 1.10 bits per heavy atom. The van der Waals surface area contributed by atoms with E-state index in [2.05, 4.69) is 5.16 Å². The fourth-order valence-corrected chi connectivity index (χ4v) is 6.05. The van der Waals surface area contributed by atoms with E-state index >= 15 is 0 Å². The van der Waals surface area contributed by atoms with E-state index in [1.54, 1.807) is 17.0 Å². The molecule has 3 aromatic rings. The molecule has 1 amide bonds. The summed E-state index contributed by atoms with van der Waals surface area (Å²) in [6.07, 6.45) is -2.55. The molecule has 7 nitrogen and oxygen atoms in total. The summed E-state index contributed by atoms with van der Waals surface area (Å²) in [4.78, 5) is 36.9. The maximum Gasteiger partial charge on any atom is 0.417 e. The van der Waals surface area contributed by atoms with Gasteiger partial charge in [-0.15, -0.1) is 11.3 Å². The number of likely N-dealkylation sites (tertiary alicyclic amines) is 1. The van der Waals surface area contributed by atoms with Crippen molar-refractivity contribution in [1.29, 1.82) is 0 Å². The second kappa shape index (κ2) is 11.1. The van der Waals surface area contributed by atoms with Gasteiger partial charge in [-0.1, -0.05) is 46.0 Å². The molecule has 0 aliphatic carbocycles. The van der Waals surface area contributed by atoms with E-state index in [1.807, 2.05) is 11.4 Å². The Morgan fingerprint density at radius 2 is 1.85 bits per heavy atom. The number of aromatic nitrogens is 2. The molecule has 0 bridgehead atoms. The molecule has 1 fully saturated rings. The van der Waals surface area contributed by atoms with Crippen LogP contribution in [-0.2, 0) is 22.4 Å². The number of pyridine rings is 1. The summed E-state index contributed by atoms with van der Waals surface area (Å²) < 4.78 is 40.0. The lowest BCUT2D eigenvalue weighted by atomic mass is 9.97.